The molecule has 1 aliphatic rings. The molecule has 3 aromatic rings. The maximum Gasteiger partial charge on any atom is 0.193 e. The van der Waals surface area contributed by atoms with E-state index in [1.54, 1.807) is 0 Å². The lowest BCUT2D eigenvalue weighted by atomic mass is 10.2. The van der Waals surface area contributed by atoms with Crippen LogP contribution in [0.3, 0.4) is 0 Å². The Balaban J connectivity index is 1.34. The standard InChI is InChI=1S/C23H25FN6/c24-19-6-8-21(9-7-19)29-12-14-30(15-13-29)22-16-18(10-11-26-22)17-27-23(25)28-20-4-2-1-3-5-20/h1-11,16H,12-15,17H2,(H3,25,27,28). The molecule has 6 nitrogen and oxygen atoms in total. The van der Waals surface area contributed by atoms with Gasteiger partial charge in [-0.25, -0.2) is 14.4 Å². The monoisotopic (exact) mass is 404 g/mol. The molecule has 1 aliphatic heterocycles. The number of nitrogens with zero attached hydrogens (tertiary/aromatic N) is 4. The predicted octanol–water partition coefficient (Wildman–Crippen LogP) is 3.47. The SMILES string of the molecule is NC(=NCc1ccnc(N2CCN(c3ccc(F)cc3)CC2)c1)Nc1ccccc1. The first-order chi connectivity index (χ1) is 14.7. The lowest BCUT2D eigenvalue weighted by molar-refractivity contribution is 0.624. The fourth-order valence-corrected chi connectivity index (χ4v) is 3.46. The van der Waals surface area contributed by atoms with E-state index in [9.17, 15) is 4.39 Å². The first-order valence-corrected chi connectivity index (χ1v) is 10.00. The van der Waals surface area contributed by atoms with Crippen molar-refractivity contribution in [2.24, 2.45) is 10.7 Å². The summed E-state index contributed by atoms with van der Waals surface area (Å²) in [5.41, 5.74) is 9.01. The highest BCUT2D eigenvalue weighted by atomic mass is 19.1. The van der Waals surface area contributed by atoms with Gasteiger partial charge < -0.3 is 20.9 Å². The summed E-state index contributed by atoms with van der Waals surface area (Å²) in [6, 6.07) is 20.4. The molecule has 1 aromatic heterocycles. The van der Waals surface area contributed by atoms with Gasteiger partial charge in [-0.15, -0.1) is 0 Å². The van der Waals surface area contributed by atoms with Crippen LogP contribution in [0.15, 0.2) is 77.9 Å². The van der Waals surface area contributed by atoms with Crippen LogP contribution >= 0.6 is 0 Å². The van der Waals surface area contributed by atoms with E-state index in [1.807, 2.05) is 54.7 Å². The van der Waals surface area contributed by atoms with Crippen LogP contribution in [0.1, 0.15) is 5.56 Å². The molecule has 3 N–H and O–H groups in total. The third-order valence-corrected chi connectivity index (χ3v) is 5.08. The molecular weight excluding hydrogens is 379 g/mol. The largest absolute Gasteiger partial charge is 0.370 e. The van der Waals surface area contributed by atoms with Crippen molar-refractivity contribution in [2.45, 2.75) is 6.54 Å². The van der Waals surface area contributed by atoms with E-state index in [-0.39, 0.29) is 5.82 Å². The third kappa shape index (κ3) is 5.05. The first kappa shape index (κ1) is 19.7. The number of para-hydroxylation sites is 1. The van der Waals surface area contributed by atoms with Gasteiger partial charge in [-0.1, -0.05) is 18.2 Å². The summed E-state index contributed by atoms with van der Waals surface area (Å²) in [6.07, 6.45) is 1.81. The Morgan fingerprint density at radius 3 is 2.40 bits per heavy atom. The molecule has 0 radical (unpaired) electrons. The van der Waals surface area contributed by atoms with Crippen LogP contribution in [-0.2, 0) is 6.54 Å². The highest BCUT2D eigenvalue weighted by Gasteiger charge is 2.18. The van der Waals surface area contributed by atoms with Crippen LogP contribution in [0.2, 0.25) is 0 Å². The number of pyridine rings is 1. The maximum absolute atomic E-state index is 13.1. The number of nitrogens with two attached hydrogens (primary N) is 1. The molecule has 4 rings (SSSR count). The second-order valence-electron chi connectivity index (χ2n) is 7.17. The zero-order chi connectivity index (χ0) is 20.8. The molecule has 7 heteroatoms. The summed E-state index contributed by atoms with van der Waals surface area (Å²) in [6.45, 7) is 3.92. The number of hydrogen-bond acceptors (Lipinski definition) is 4. The average molecular weight is 404 g/mol. The van der Waals surface area contributed by atoms with Gasteiger partial charge in [0.25, 0.3) is 0 Å². The molecular formula is C23H25FN6. The molecule has 2 heterocycles. The number of hydrogen-bond donors (Lipinski definition) is 2. The maximum atomic E-state index is 13.1. The van der Waals surface area contributed by atoms with Crippen LogP contribution in [0.5, 0.6) is 0 Å². The van der Waals surface area contributed by atoms with Crippen LogP contribution in [0.25, 0.3) is 0 Å². The number of piperazine rings is 1. The number of aromatic nitrogens is 1. The van der Waals surface area contributed by atoms with Gasteiger partial charge in [0.05, 0.1) is 6.54 Å². The molecule has 0 unspecified atom stereocenters. The molecule has 0 atom stereocenters. The van der Waals surface area contributed by atoms with E-state index < -0.39 is 0 Å². The highest BCUT2D eigenvalue weighted by Crippen LogP contribution is 2.20. The van der Waals surface area contributed by atoms with Crippen molar-refractivity contribution in [3.8, 4) is 0 Å². The zero-order valence-electron chi connectivity index (χ0n) is 16.7. The Hall–Kier alpha value is -3.61. The van der Waals surface area contributed by atoms with Gasteiger partial charge in [-0.05, 0) is 54.1 Å². The Morgan fingerprint density at radius 1 is 0.967 bits per heavy atom. The van der Waals surface area contributed by atoms with Crippen molar-refractivity contribution in [1.29, 1.82) is 0 Å². The van der Waals surface area contributed by atoms with E-state index in [2.05, 4.69) is 31.2 Å². The van der Waals surface area contributed by atoms with Gasteiger partial charge in [0.1, 0.15) is 11.6 Å². The summed E-state index contributed by atoms with van der Waals surface area (Å²) < 4.78 is 13.1. The van der Waals surface area contributed by atoms with Gasteiger partial charge in [-0.2, -0.15) is 0 Å². The van der Waals surface area contributed by atoms with Crippen molar-refractivity contribution >= 4 is 23.2 Å². The van der Waals surface area contributed by atoms with E-state index in [0.717, 1.165) is 48.9 Å². The lowest BCUT2D eigenvalue weighted by Crippen LogP contribution is -2.46. The molecule has 0 amide bonds. The molecule has 154 valence electrons. The second kappa shape index (κ2) is 9.26. The zero-order valence-corrected chi connectivity index (χ0v) is 16.7. The molecule has 0 aliphatic carbocycles. The summed E-state index contributed by atoms with van der Waals surface area (Å²) in [7, 11) is 0. The van der Waals surface area contributed by atoms with Crippen molar-refractivity contribution < 1.29 is 4.39 Å². The molecule has 30 heavy (non-hydrogen) atoms. The van der Waals surface area contributed by atoms with E-state index in [0.29, 0.717) is 12.5 Å². The Bertz CT molecular complexity index is 982. The van der Waals surface area contributed by atoms with Crippen molar-refractivity contribution in [3.63, 3.8) is 0 Å². The van der Waals surface area contributed by atoms with Crippen LogP contribution in [0, 0.1) is 5.82 Å². The third-order valence-electron chi connectivity index (χ3n) is 5.08. The number of benzene rings is 2. The van der Waals surface area contributed by atoms with Crippen LogP contribution in [-0.4, -0.2) is 37.1 Å². The summed E-state index contributed by atoms with van der Waals surface area (Å²) in [4.78, 5) is 13.5. The predicted molar refractivity (Wildman–Crippen MR) is 120 cm³/mol. The van der Waals surface area contributed by atoms with Crippen molar-refractivity contribution in [1.82, 2.24) is 4.98 Å². The minimum Gasteiger partial charge on any atom is -0.370 e. The van der Waals surface area contributed by atoms with Crippen LogP contribution < -0.4 is 20.9 Å². The minimum atomic E-state index is -0.208. The highest BCUT2D eigenvalue weighted by molar-refractivity contribution is 5.92. The van der Waals surface area contributed by atoms with E-state index >= 15 is 0 Å². The second-order valence-corrected chi connectivity index (χ2v) is 7.17. The summed E-state index contributed by atoms with van der Waals surface area (Å²) in [5, 5.41) is 3.09. The number of guanidine groups is 1. The van der Waals surface area contributed by atoms with Gasteiger partial charge in [0.15, 0.2) is 5.96 Å². The number of aliphatic imine (C=N–C) groups is 1. The van der Waals surface area contributed by atoms with Gasteiger partial charge >= 0.3 is 0 Å². The first-order valence-electron chi connectivity index (χ1n) is 10.00. The fraction of sp³-hybridized carbons (Fsp3) is 0.217. The number of anilines is 3. The van der Waals surface area contributed by atoms with Crippen molar-refractivity contribution in [2.75, 3.05) is 41.3 Å². The average Bonchev–Trinajstić information content (AvgIpc) is 2.79. The Morgan fingerprint density at radius 2 is 1.67 bits per heavy atom. The topological polar surface area (TPSA) is 69.8 Å². The molecule has 0 bridgehead atoms. The number of nitrogens with one attached hydrogen (secondary N) is 1. The van der Waals surface area contributed by atoms with Crippen LogP contribution in [0.4, 0.5) is 21.6 Å². The fourth-order valence-electron chi connectivity index (χ4n) is 3.46. The van der Waals surface area contributed by atoms with Gasteiger partial charge in [0.2, 0.25) is 0 Å². The Labute approximate surface area is 175 Å². The van der Waals surface area contributed by atoms with Gasteiger partial charge in [-0.3, -0.25) is 0 Å². The summed E-state index contributed by atoms with van der Waals surface area (Å²) >= 11 is 0. The molecule has 2 aromatic carbocycles. The molecule has 0 saturated carbocycles. The minimum absolute atomic E-state index is 0.208. The van der Waals surface area contributed by atoms with Crippen molar-refractivity contribution in [3.05, 3.63) is 84.3 Å². The lowest BCUT2D eigenvalue weighted by Gasteiger charge is -2.36. The number of halogens is 1. The molecule has 0 spiro atoms. The smallest absolute Gasteiger partial charge is 0.193 e. The van der Waals surface area contributed by atoms with Gasteiger partial charge in [0, 0.05) is 43.8 Å². The molecule has 1 fully saturated rings. The Kier molecular flexibility index (Phi) is 6.08. The quantitative estimate of drug-likeness (QED) is 0.503. The van der Waals surface area contributed by atoms with E-state index in [4.69, 9.17) is 5.73 Å². The van der Waals surface area contributed by atoms with E-state index in [1.165, 1.54) is 12.1 Å². The molecule has 1 saturated heterocycles. The normalized spacial score (nSPS) is 14.6. The summed E-state index contributed by atoms with van der Waals surface area (Å²) in [5.74, 6) is 1.11. The number of rotatable bonds is 5.